The zero-order chi connectivity index (χ0) is 24.5. The molecule has 0 spiro atoms. The van der Waals surface area contributed by atoms with Crippen LogP contribution in [0.1, 0.15) is 12.8 Å². The SMILES string of the molecule is COC(=O)Cn1c(=NC(=O)C2CCN(S(=O)(=O)c3ccc(F)cc3)CC2)sc2cc(Cl)ccc21. The van der Waals surface area contributed by atoms with E-state index in [1.807, 2.05) is 0 Å². The summed E-state index contributed by atoms with van der Waals surface area (Å²) in [6.45, 7) is 0.185. The molecule has 2 aromatic carbocycles. The topological polar surface area (TPSA) is 98.0 Å². The van der Waals surface area contributed by atoms with Gasteiger partial charge in [0, 0.05) is 24.0 Å². The van der Waals surface area contributed by atoms with Crippen LogP contribution in [0, 0.1) is 11.7 Å². The van der Waals surface area contributed by atoms with Crippen LogP contribution in [0.25, 0.3) is 10.2 Å². The van der Waals surface area contributed by atoms with E-state index in [-0.39, 0.29) is 30.4 Å². The van der Waals surface area contributed by atoms with Crippen LogP contribution < -0.4 is 4.80 Å². The molecule has 1 amide bonds. The van der Waals surface area contributed by atoms with E-state index in [0.29, 0.717) is 28.2 Å². The number of nitrogens with zero attached hydrogens (tertiary/aromatic N) is 3. The average Bonchev–Trinajstić information content (AvgIpc) is 3.14. The van der Waals surface area contributed by atoms with Gasteiger partial charge in [0.1, 0.15) is 12.4 Å². The van der Waals surface area contributed by atoms with Gasteiger partial charge in [0.25, 0.3) is 5.91 Å². The Morgan fingerprint density at radius 2 is 1.85 bits per heavy atom. The molecule has 0 unspecified atom stereocenters. The second-order valence-corrected chi connectivity index (χ2v) is 11.1. The molecule has 0 atom stereocenters. The first kappa shape index (κ1) is 24.5. The number of carbonyl (C=O) groups excluding carboxylic acids is 2. The lowest BCUT2D eigenvalue weighted by Gasteiger charge is -2.29. The molecule has 3 aromatic rings. The summed E-state index contributed by atoms with van der Waals surface area (Å²) in [5.74, 6) is -1.84. The second-order valence-electron chi connectivity index (χ2n) is 7.74. The number of halogens is 2. The number of sulfonamides is 1. The van der Waals surface area contributed by atoms with E-state index < -0.39 is 27.7 Å². The number of esters is 1. The first-order chi connectivity index (χ1) is 16.2. The van der Waals surface area contributed by atoms with Gasteiger partial charge < -0.3 is 9.30 Å². The fourth-order valence-corrected chi connectivity index (χ4v) is 6.54. The molecule has 1 saturated heterocycles. The van der Waals surface area contributed by atoms with Gasteiger partial charge in [-0.1, -0.05) is 22.9 Å². The van der Waals surface area contributed by atoms with Crippen LogP contribution in [-0.4, -0.2) is 49.4 Å². The molecule has 0 N–H and O–H groups in total. The van der Waals surface area contributed by atoms with Gasteiger partial charge in [-0.2, -0.15) is 9.30 Å². The first-order valence-corrected chi connectivity index (χ1v) is 13.0. The number of benzene rings is 2. The van der Waals surface area contributed by atoms with Crippen molar-refractivity contribution in [1.29, 1.82) is 0 Å². The predicted molar refractivity (Wildman–Crippen MR) is 125 cm³/mol. The maximum atomic E-state index is 13.2. The number of fused-ring (bicyclic) bond motifs is 1. The predicted octanol–water partition coefficient (Wildman–Crippen LogP) is 3.20. The van der Waals surface area contributed by atoms with Crippen molar-refractivity contribution in [3.05, 3.63) is 58.1 Å². The number of rotatable bonds is 5. The van der Waals surface area contributed by atoms with Gasteiger partial charge in [-0.05, 0) is 55.3 Å². The van der Waals surface area contributed by atoms with Crippen LogP contribution in [0.4, 0.5) is 4.39 Å². The smallest absolute Gasteiger partial charge is 0.325 e. The lowest BCUT2D eigenvalue weighted by molar-refractivity contribution is -0.141. The van der Waals surface area contributed by atoms with E-state index in [2.05, 4.69) is 4.99 Å². The van der Waals surface area contributed by atoms with Crippen molar-refractivity contribution in [2.45, 2.75) is 24.3 Å². The maximum absolute atomic E-state index is 13.2. The molecule has 4 rings (SSSR count). The number of aromatic nitrogens is 1. The van der Waals surface area contributed by atoms with Crippen LogP contribution >= 0.6 is 22.9 Å². The van der Waals surface area contributed by atoms with Gasteiger partial charge in [0.15, 0.2) is 4.80 Å². The van der Waals surface area contributed by atoms with Crippen molar-refractivity contribution in [2.75, 3.05) is 20.2 Å². The van der Waals surface area contributed by atoms with Crippen LogP contribution in [-0.2, 0) is 30.9 Å². The third-order valence-corrected chi connectivity index (χ3v) is 8.81. The van der Waals surface area contributed by atoms with E-state index in [9.17, 15) is 22.4 Å². The number of piperidine rings is 1. The van der Waals surface area contributed by atoms with Gasteiger partial charge >= 0.3 is 5.97 Å². The van der Waals surface area contributed by atoms with Gasteiger partial charge in [-0.3, -0.25) is 9.59 Å². The molecule has 0 aliphatic carbocycles. The van der Waals surface area contributed by atoms with Gasteiger partial charge in [0.2, 0.25) is 10.0 Å². The first-order valence-electron chi connectivity index (χ1n) is 10.4. The normalized spacial score (nSPS) is 16.1. The minimum Gasteiger partial charge on any atom is -0.468 e. The second kappa shape index (κ2) is 9.95. The summed E-state index contributed by atoms with van der Waals surface area (Å²) >= 11 is 7.31. The quantitative estimate of drug-likeness (QED) is 0.476. The molecule has 12 heteroatoms. The number of methoxy groups -OCH3 is 1. The lowest BCUT2D eigenvalue weighted by atomic mass is 9.98. The van der Waals surface area contributed by atoms with E-state index in [4.69, 9.17) is 16.3 Å². The molecule has 1 aliphatic rings. The van der Waals surface area contributed by atoms with Crippen LogP contribution in [0.15, 0.2) is 52.4 Å². The molecule has 1 aromatic heterocycles. The third kappa shape index (κ3) is 5.07. The van der Waals surface area contributed by atoms with Crippen molar-refractivity contribution in [3.8, 4) is 0 Å². The number of ether oxygens (including phenoxy) is 1. The van der Waals surface area contributed by atoms with Crippen molar-refractivity contribution in [1.82, 2.24) is 8.87 Å². The summed E-state index contributed by atoms with van der Waals surface area (Å²) in [5.41, 5.74) is 0.701. The molecule has 1 aliphatic heterocycles. The van der Waals surface area contributed by atoms with Crippen molar-refractivity contribution in [3.63, 3.8) is 0 Å². The molecule has 1 fully saturated rings. The number of amides is 1. The molecule has 0 bridgehead atoms. The van der Waals surface area contributed by atoms with E-state index in [1.165, 1.54) is 34.9 Å². The summed E-state index contributed by atoms with van der Waals surface area (Å²) in [4.78, 5) is 29.5. The zero-order valence-corrected chi connectivity index (χ0v) is 20.5. The van der Waals surface area contributed by atoms with E-state index in [0.717, 1.165) is 16.8 Å². The summed E-state index contributed by atoms with van der Waals surface area (Å²) in [5, 5.41) is 0.520. The van der Waals surface area contributed by atoms with Gasteiger partial charge in [0.05, 0.1) is 22.2 Å². The minimum absolute atomic E-state index is 0.0103. The van der Waals surface area contributed by atoms with Crippen LogP contribution in [0.2, 0.25) is 5.02 Å². The Bertz CT molecular complexity index is 1410. The molecule has 0 radical (unpaired) electrons. The molecule has 180 valence electrons. The molecule has 34 heavy (non-hydrogen) atoms. The van der Waals surface area contributed by atoms with Crippen LogP contribution in [0.3, 0.4) is 0 Å². The average molecular weight is 526 g/mol. The fourth-order valence-electron chi connectivity index (χ4n) is 3.76. The summed E-state index contributed by atoms with van der Waals surface area (Å²) < 4.78 is 47.2. The Hall–Kier alpha value is -2.60. The minimum atomic E-state index is -3.77. The van der Waals surface area contributed by atoms with Crippen LogP contribution in [0.5, 0.6) is 0 Å². The van der Waals surface area contributed by atoms with Gasteiger partial charge in [-0.25, -0.2) is 12.8 Å². The molecule has 8 nitrogen and oxygen atoms in total. The summed E-state index contributed by atoms with van der Waals surface area (Å²) in [6, 6.07) is 9.83. The standard InChI is InChI=1S/C22H21ClFN3O5S2/c1-32-20(28)13-27-18-7-2-15(23)12-19(18)33-22(27)25-21(29)14-8-10-26(11-9-14)34(30,31)17-5-3-16(24)4-6-17/h2-7,12,14H,8-11,13H2,1H3. The Morgan fingerprint density at radius 3 is 2.50 bits per heavy atom. The highest BCUT2D eigenvalue weighted by atomic mass is 35.5. The molecular weight excluding hydrogens is 505 g/mol. The lowest BCUT2D eigenvalue weighted by Crippen LogP contribution is -2.40. The molecular formula is C22H21ClFN3O5S2. The number of hydrogen-bond donors (Lipinski definition) is 0. The zero-order valence-electron chi connectivity index (χ0n) is 18.1. The molecule has 0 saturated carbocycles. The fraction of sp³-hybridized carbons (Fsp3) is 0.318. The number of carbonyl (C=O) groups is 2. The maximum Gasteiger partial charge on any atom is 0.325 e. The van der Waals surface area contributed by atoms with Crippen molar-refractivity contribution < 1.29 is 27.1 Å². The van der Waals surface area contributed by atoms with E-state index in [1.54, 1.807) is 22.8 Å². The number of thiazole rings is 1. The summed E-state index contributed by atoms with van der Waals surface area (Å²) in [6.07, 6.45) is 0.604. The highest BCUT2D eigenvalue weighted by molar-refractivity contribution is 7.89. The monoisotopic (exact) mass is 525 g/mol. The largest absolute Gasteiger partial charge is 0.468 e. The Labute approximate surface area is 204 Å². The highest BCUT2D eigenvalue weighted by Crippen LogP contribution is 2.26. The summed E-state index contributed by atoms with van der Waals surface area (Å²) in [7, 11) is -2.49. The van der Waals surface area contributed by atoms with Gasteiger partial charge in [-0.15, -0.1) is 0 Å². The van der Waals surface area contributed by atoms with E-state index >= 15 is 0 Å². The Balaban J connectivity index is 1.54. The third-order valence-electron chi connectivity index (χ3n) is 5.62. The number of hydrogen-bond acceptors (Lipinski definition) is 6. The Morgan fingerprint density at radius 1 is 1.18 bits per heavy atom. The molecule has 2 heterocycles. The Kier molecular flexibility index (Phi) is 7.17. The van der Waals surface area contributed by atoms with Crippen molar-refractivity contribution >= 4 is 55.1 Å². The highest BCUT2D eigenvalue weighted by Gasteiger charge is 2.32. The van der Waals surface area contributed by atoms with Crippen molar-refractivity contribution in [2.24, 2.45) is 10.9 Å².